The lowest BCUT2D eigenvalue weighted by Gasteiger charge is -2.05. The van der Waals surface area contributed by atoms with E-state index in [2.05, 4.69) is 0 Å². The third-order valence-electron chi connectivity index (χ3n) is 2.72. The van der Waals surface area contributed by atoms with Gasteiger partial charge in [-0.25, -0.2) is 0 Å². The van der Waals surface area contributed by atoms with Crippen molar-refractivity contribution in [3.05, 3.63) is 68.3 Å². The second kappa shape index (κ2) is 5.70. The molecule has 0 heterocycles. The summed E-state index contributed by atoms with van der Waals surface area (Å²) in [7, 11) is 0. The summed E-state index contributed by atoms with van der Waals surface area (Å²) < 4.78 is 0. The molecule has 20 heavy (non-hydrogen) atoms. The second-order valence-electron chi connectivity index (χ2n) is 3.99. The molecular weight excluding hydrogens is 280 g/mol. The normalized spacial score (nSPS) is 10.2. The van der Waals surface area contributed by atoms with Gasteiger partial charge in [0.2, 0.25) is 0 Å². The Labute approximate surface area is 118 Å². The van der Waals surface area contributed by atoms with Crippen LogP contribution in [0, 0.1) is 27.2 Å². The summed E-state index contributed by atoms with van der Waals surface area (Å²) in [5, 5.41) is 22.0. The number of rotatable bonds is 4. The van der Waals surface area contributed by atoms with Gasteiger partial charge in [-0.15, -0.1) is 0 Å². The number of hydrogen-bond acceptors (Lipinski definition) is 5. The molecule has 0 radical (unpaired) electrons. The molecule has 2 aromatic rings. The molecule has 102 valence electrons. The van der Waals surface area contributed by atoms with Crippen molar-refractivity contribution >= 4 is 23.1 Å². The molecule has 0 bridgehead atoms. The van der Waals surface area contributed by atoms with Crippen molar-refractivity contribution in [3.8, 4) is 0 Å². The van der Waals surface area contributed by atoms with Gasteiger partial charge in [0.25, 0.3) is 11.4 Å². The molecule has 0 aliphatic carbocycles. The van der Waals surface area contributed by atoms with Gasteiger partial charge in [-0.05, 0) is 25.1 Å². The van der Waals surface area contributed by atoms with E-state index >= 15 is 0 Å². The first-order chi connectivity index (χ1) is 9.50. The molecule has 0 N–H and O–H groups in total. The largest absolute Gasteiger partial charge is 0.292 e. The van der Waals surface area contributed by atoms with Crippen LogP contribution in [0.1, 0.15) is 5.56 Å². The Morgan fingerprint density at radius 1 is 0.950 bits per heavy atom. The van der Waals surface area contributed by atoms with Crippen molar-refractivity contribution in [3.63, 3.8) is 0 Å². The fourth-order valence-corrected chi connectivity index (χ4v) is 2.79. The summed E-state index contributed by atoms with van der Waals surface area (Å²) in [5.41, 5.74) is -0.386. The van der Waals surface area contributed by atoms with E-state index in [1.165, 1.54) is 30.8 Å². The molecule has 0 fully saturated rings. The molecule has 2 aromatic carbocycles. The van der Waals surface area contributed by atoms with Gasteiger partial charge in [-0.2, -0.15) is 0 Å². The summed E-state index contributed by atoms with van der Waals surface area (Å²) in [4.78, 5) is 22.1. The van der Waals surface area contributed by atoms with Crippen molar-refractivity contribution in [2.24, 2.45) is 0 Å². The summed E-state index contributed by atoms with van der Waals surface area (Å²) in [6.07, 6.45) is 0. The van der Waals surface area contributed by atoms with E-state index in [0.717, 1.165) is 4.90 Å². The highest BCUT2D eigenvalue weighted by Gasteiger charge is 2.26. The Morgan fingerprint density at radius 3 is 2.15 bits per heavy atom. The highest BCUT2D eigenvalue weighted by molar-refractivity contribution is 7.99. The maximum absolute atomic E-state index is 11.2. The average molecular weight is 290 g/mol. The Balaban J connectivity index is 2.51. The Bertz CT molecular complexity index is 674. The molecule has 0 spiro atoms. The second-order valence-corrected chi connectivity index (χ2v) is 5.10. The minimum atomic E-state index is -0.612. The average Bonchev–Trinajstić information content (AvgIpc) is 2.39. The molecular formula is C13H10N2O4S. The SMILES string of the molecule is Cc1c([N+](=O)[O-])ccc(Sc2ccccc2)c1[N+](=O)[O-]. The maximum Gasteiger partial charge on any atom is 0.292 e. The van der Waals surface area contributed by atoms with E-state index in [1.807, 2.05) is 30.3 Å². The first-order valence-corrected chi connectivity index (χ1v) is 6.47. The van der Waals surface area contributed by atoms with Gasteiger partial charge in [0.1, 0.15) is 5.56 Å². The lowest BCUT2D eigenvalue weighted by molar-refractivity contribution is -0.397. The van der Waals surface area contributed by atoms with Crippen molar-refractivity contribution in [2.75, 3.05) is 0 Å². The topological polar surface area (TPSA) is 86.3 Å². The molecule has 0 aromatic heterocycles. The van der Waals surface area contributed by atoms with Crippen LogP contribution in [0.25, 0.3) is 0 Å². The molecule has 2 rings (SSSR count). The van der Waals surface area contributed by atoms with Gasteiger partial charge in [-0.1, -0.05) is 30.0 Å². The molecule has 0 aliphatic heterocycles. The van der Waals surface area contributed by atoms with Crippen LogP contribution in [-0.2, 0) is 0 Å². The molecule has 0 aliphatic rings. The fraction of sp³-hybridized carbons (Fsp3) is 0.0769. The Morgan fingerprint density at radius 2 is 1.60 bits per heavy atom. The van der Waals surface area contributed by atoms with E-state index in [4.69, 9.17) is 0 Å². The molecule has 7 heteroatoms. The van der Waals surface area contributed by atoms with Crippen LogP contribution >= 0.6 is 11.8 Å². The smallest absolute Gasteiger partial charge is 0.258 e. The predicted molar refractivity (Wildman–Crippen MR) is 75.1 cm³/mol. The van der Waals surface area contributed by atoms with Crippen molar-refractivity contribution in [1.29, 1.82) is 0 Å². The van der Waals surface area contributed by atoms with Crippen molar-refractivity contribution in [1.82, 2.24) is 0 Å². The van der Waals surface area contributed by atoms with Gasteiger partial charge in [0.15, 0.2) is 0 Å². The summed E-state index contributed by atoms with van der Waals surface area (Å²) >= 11 is 1.21. The van der Waals surface area contributed by atoms with Gasteiger partial charge >= 0.3 is 0 Å². The molecule has 0 atom stereocenters. The number of benzene rings is 2. The molecule has 0 saturated carbocycles. The Kier molecular flexibility index (Phi) is 3.99. The molecule has 0 amide bonds. The summed E-state index contributed by atoms with van der Waals surface area (Å²) in [5.74, 6) is 0. The number of hydrogen-bond donors (Lipinski definition) is 0. The van der Waals surface area contributed by atoms with Crippen LogP contribution in [0.5, 0.6) is 0 Å². The number of nitro benzene ring substituents is 2. The third kappa shape index (κ3) is 2.77. The minimum Gasteiger partial charge on any atom is -0.258 e. The Hall–Kier alpha value is -2.41. The van der Waals surface area contributed by atoms with Gasteiger partial charge < -0.3 is 0 Å². The molecule has 0 saturated heterocycles. The van der Waals surface area contributed by atoms with Gasteiger partial charge in [-0.3, -0.25) is 20.2 Å². The standard InChI is InChI=1S/C13H10N2O4S/c1-9-11(14(16)17)7-8-12(13(9)15(18)19)20-10-5-3-2-4-6-10/h2-8H,1H3. The lowest BCUT2D eigenvalue weighted by Crippen LogP contribution is -1.99. The number of nitro groups is 2. The fourth-order valence-electron chi connectivity index (χ4n) is 1.79. The minimum absolute atomic E-state index is 0.0703. The van der Waals surface area contributed by atoms with Gasteiger partial charge in [0.05, 0.1) is 14.7 Å². The molecule has 6 nitrogen and oxygen atoms in total. The van der Waals surface area contributed by atoms with E-state index in [-0.39, 0.29) is 16.9 Å². The van der Waals surface area contributed by atoms with Crippen LogP contribution in [0.3, 0.4) is 0 Å². The van der Waals surface area contributed by atoms with Crippen molar-refractivity contribution < 1.29 is 9.85 Å². The van der Waals surface area contributed by atoms with E-state index in [9.17, 15) is 20.2 Å². The first kappa shape index (κ1) is 14.0. The van der Waals surface area contributed by atoms with Gasteiger partial charge in [0, 0.05) is 11.0 Å². The quantitative estimate of drug-likeness (QED) is 0.628. The number of nitrogens with zero attached hydrogens (tertiary/aromatic N) is 2. The van der Waals surface area contributed by atoms with E-state index in [1.54, 1.807) is 0 Å². The highest BCUT2D eigenvalue weighted by atomic mass is 32.2. The molecule has 0 unspecified atom stereocenters. The lowest BCUT2D eigenvalue weighted by atomic mass is 10.1. The zero-order valence-electron chi connectivity index (χ0n) is 10.5. The predicted octanol–water partition coefficient (Wildman–Crippen LogP) is 3.96. The first-order valence-electron chi connectivity index (χ1n) is 5.66. The highest BCUT2D eigenvalue weighted by Crippen LogP contribution is 2.39. The van der Waals surface area contributed by atoms with E-state index < -0.39 is 9.85 Å². The summed E-state index contributed by atoms with van der Waals surface area (Å²) in [6.45, 7) is 1.39. The third-order valence-corrected chi connectivity index (χ3v) is 3.77. The van der Waals surface area contributed by atoms with Crippen LogP contribution < -0.4 is 0 Å². The van der Waals surface area contributed by atoms with Crippen molar-refractivity contribution in [2.45, 2.75) is 16.7 Å². The summed E-state index contributed by atoms with van der Waals surface area (Å²) in [6, 6.07) is 11.9. The zero-order valence-corrected chi connectivity index (χ0v) is 11.3. The van der Waals surface area contributed by atoms with E-state index in [0.29, 0.717) is 4.90 Å². The van der Waals surface area contributed by atoms with Crippen LogP contribution in [0.15, 0.2) is 52.3 Å². The van der Waals surface area contributed by atoms with Crippen LogP contribution in [-0.4, -0.2) is 9.85 Å². The maximum atomic E-state index is 11.2. The zero-order chi connectivity index (χ0) is 14.7. The van der Waals surface area contributed by atoms with Crippen LogP contribution in [0.2, 0.25) is 0 Å². The van der Waals surface area contributed by atoms with Crippen LogP contribution in [0.4, 0.5) is 11.4 Å². The monoisotopic (exact) mass is 290 g/mol.